The fourth-order valence-electron chi connectivity index (χ4n) is 1.53. The maximum Gasteiger partial charge on any atom is 0.407 e. The average molecular weight is 229 g/mol. The van der Waals surface area contributed by atoms with Crippen molar-refractivity contribution in [2.45, 2.75) is 58.1 Å². The number of ether oxygens (including phenoxy) is 1. The minimum Gasteiger partial charge on any atom is -0.444 e. The molecule has 4 heteroatoms. The van der Waals surface area contributed by atoms with E-state index in [0.29, 0.717) is 0 Å². The van der Waals surface area contributed by atoms with E-state index < -0.39 is 11.7 Å². The van der Waals surface area contributed by atoms with Gasteiger partial charge in [-0.3, -0.25) is 0 Å². The third-order valence-electron chi connectivity index (χ3n) is 2.56. The van der Waals surface area contributed by atoms with Crippen molar-refractivity contribution in [3.05, 3.63) is 0 Å². The zero-order valence-electron chi connectivity index (χ0n) is 10.5. The molecule has 1 rings (SSSR count). The molecular weight excluding hydrogens is 206 g/mol. The van der Waals surface area contributed by atoms with Gasteiger partial charge in [-0.05, 0) is 39.5 Å². The summed E-state index contributed by atoms with van der Waals surface area (Å²) >= 11 is 0. The number of alkyl carbamates (subject to hydrolysis) is 1. The Morgan fingerprint density at radius 1 is 1.50 bits per heavy atom. The van der Waals surface area contributed by atoms with Crippen LogP contribution in [0.15, 0.2) is 0 Å². The van der Waals surface area contributed by atoms with Crippen LogP contribution in [-0.4, -0.2) is 29.4 Å². The predicted octanol–water partition coefficient (Wildman–Crippen LogP) is 2.06. The molecule has 0 heterocycles. The van der Waals surface area contributed by atoms with Gasteiger partial charge in [0.25, 0.3) is 0 Å². The number of hydrogen-bond acceptors (Lipinski definition) is 3. The fourth-order valence-corrected chi connectivity index (χ4v) is 1.53. The molecule has 0 aromatic carbocycles. The van der Waals surface area contributed by atoms with Gasteiger partial charge in [-0.2, -0.15) is 0 Å². The average Bonchev–Trinajstić information content (AvgIpc) is 2.92. The number of aliphatic hydroxyl groups excluding tert-OH is 1. The van der Waals surface area contributed by atoms with Crippen molar-refractivity contribution in [1.29, 1.82) is 0 Å². The van der Waals surface area contributed by atoms with Gasteiger partial charge in [0.1, 0.15) is 5.60 Å². The molecule has 1 unspecified atom stereocenters. The summed E-state index contributed by atoms with van der Waals surface area (Å²) in [6.07, 6.45) is 4.07. The minimum absolute atomic E-state index is 0.0219. The van der Waals surface area contributed by atoms with Crippen LogP contribution in [0, 0.1) is 5.92 Å². The van der Waals surface area contributed by atoms with Gasteiger partial charge in [-0.1, -0.05) is 12.8 Å². The molecule has 1 aliphatic rings. The van der Waals surface area contributed by atoms with Crippen LogP contribution in [0.4, 0.5) is 4.79 Å². The molecule has 2 N–H and O–H groups in total. The minimum atomic E-state index is -0.486. The predicted molar refractivity (Wildman–Crippen MR) is 62.2 cm³/mol. The van der Waals surface area contributed by atoms with E-state index in [4.69, 9.17) is 9.84 Å². The SMILES string of the molecule is CC(C)(C)OC(=O)NC(CO)CCC1CC1. The smallest absolute Gasteiger partial charge is 0.407 e. The third kappa shape index (κ3) is 5.95. The molecule has 1 fully saturated rings. The van der Waals surface area contributed by atoms with Gasteiger partial charge in [0.2, 0.25) is 0 Å². The summed E-state index contributed by atoms with van der Waals surface area (Å²) in [6, 6.07) is -0.171. The first-order valence-electron chi connectivity index (χ1n) is 6.01. The molecule has 4 nitrogen and oxygen atoms in total. The summed E-state index contributed by atoms with van der Waals surface area (Å²) in [4.78, 5) is 11.4. The zero-order chi connectivity index (χ0) is 12.2. The van der Waals surface area contributed by atoms with Crippen molar-refractivity contribution in [1.82, 2.24) is 5.32 Å². The highest BCUT2D eigenvalue weighted by atomic mass is 16.6. The van der Waals surface area contributed by atoms with E-state index in [1.54, 1.807) is 0 Å². The maximum absolute atomic E-state index is 11.4. The molecule has 1 atom stereocenters. The fraction of sp³-hybridized carbons (Fsp3) is 0.917. The van der Waals surface area contributed by atoms with E-state index in [1.165, 1.54) is 12.8 Å². The van der Waals surface area contributed by atoms with Crippen molar-refractivity contribution in [3.8, 4) is 0 Å². The van der Waals surface area contributed by atoms with Crippen LogP contribution in [-0.2, 0) is 4.74 Å². The largest absolute Gasteiger partial charge is 0.444 e. The van der Waals surface area contributed by atoms with Gasteiger partial charge < -0.3 is 15.2 Å². The number of carbonyl (C=O) groups is 1. The van der Waals surface area contributed by atoms with Crippen molar-refractivity contribution < 1.29 is 14.6 Å². The molecule has 0 spiro atoms. The second-order valence-corrected chi connectivity index (χ2v) is 5.55. The van der Waals surface area contributed by atoms with Gasteiger partial charge in [-0.25, -0.2) is 4.79 Å². The lowest BCUT2D eigenvalue weighted by molar-refractivity contribution is 0.0478. The van der Waals surface area contributed by atoms with Gasteiger partial charge in [0.15, 0.2) is 0 Å². The highest BCUT2D eigenvalue weighted by molar-refractivity contribution is 5.68. The van der Waals surface area contributed by atoms with Crippen molar-refractivity contribution >= 4 is 6.09 Å². The summed E-state index contributed by atoms with van der Waals surface area (Å²) in [6.45, 7) is 5.45. The van der Waals surface area contributed by atoms with E-state index >= 15 is 0 Å². The molecule has 0 bridgehead atoms. The summed E-state index contributed by atoms with van der Waals surface area (Å²) in [7, 11) is 0. The Bertz CT molecular complexity index is 231. The highest BCUT2D eigenvalue weighted by Crippen LogP contribution is 2.33. The van der Waals surface area contributed by atoms with Crippen molar-refractivity contribution in [2.75, 3.05) is 6.61 Å². The van der Waals surface area contributed by atoms with Crippen LogP contribution in [0.3, 0.4) is 0 Å². The number of aliphatic hydroxyl groups is 1. The van der Waals surface area contributed by atoms with Crippen molar-refractivity contribution in [3.63, 3.8) is 0 Å². The molecule has 16 heavy (non-hydrogen) atoms. The first kappa shape index (κ1) is 13.3. The molecule has 0 aromatic heterocycles. The Balaban J connectivity index is 2.22. The van der Waals surface area contributed by atoms with E-state index in [0.717, 1.165) is 18.8 Å². The van der Waals surface area contributed by atoms with Gasteiger partial charge in [0, 0.05) is 0 Å². The number of rotatable bonds is 5. The molecule has 0 aliphatic heterocycles. The lowest BCUT2D eigenvalue weighted by atomic mass is 10.1. The normalized spacial score (nSPS) is 18.0. The number of nitrogens with one attached hydrogen (secondary N) is 1. The Hall–Kier alpha value is -0.770. The van der Waals surface area contributed by atoms with Crippen LogP contribution >= 0.6 is 0 Å². The molecule has 1 amide bonds. The summed E-state index contributed by atoms with van der Waals surface area (Å²) in [5, 5.41) is 11.8. The van der Waals surface area contributed by atoms with E-state index in [9.17, 15) is 4.79 Å². The van der Waals surface area contributed by atoms with Crippen molar-refractivity contribution in [2.24, 2.45) is 5.92 Å². The molecular formula is C12H23NO3. The Labute approximate surface area is 97.4 Å². The maximum atomic E-state index is 11.4. The lowest BCUT2D eigenvalue weighted by Gasteiger charge is -2.22. The number of carbonyl (C=O) groups excluding carboxylic acids is 1. The van der Waals surface area contributed by atoms with Gasteiger partial charge >= 0.3 is 6.09 Å². The molecule has 94 valence electrons. The molecule has 0 radical (unpaired) electrons. The quantitative estimate of drug-likeness (QED) is 0.758. The standard InChI is InChI=1S/C12H23NO3/c1-12(2,3)16-11(15)13-10(8-14)7-6-9-4-5-9/h9-10,14H,4-8H2,1-3H3,(H,13,15). The third-order valence-corrected chi connectivity index (χ3v) is 2.56. The van der Waals surface area contributed by atoms with Crippen LogP contribution in [0.25, 0.3) is 0 Å². The second-order valence-electron chi connectivity index (χ2n) is 5.55. The lowest BCUT2D eigenvalue weighted by Crippen LogP contribution is -2.41. The first-order valence-corrected chi connectivity index (χ1v) is 6.01. The van der Waals surface area contributed by atoms with Crippen LogP contribution < -0.4 is 5.32 Å². The van der Waals surface area contributed by atoms with E-state index in [2.05, 4.69) is 5.32 Å². The Kier molecular flexibility index (Phi) is 4.59. The molecule has 0 aromatic rings. The summed E-state index contributed by atoms with van der Waals surface area (Å²) < 4.78 is 5.13. The molecule has 1 aliphatic carbocycles. The molecule has 0 saturated heterocycles. The van der Waals surface area contributed by atoms with Crippen LogP contribution in [0.1, 0.15) is 46.5 Å². The van der Waals surface area contributed by atoms with Gasteiger partial charge in [-0.15, -0.1) is 0 Å². The van der Waals surface area contributed by atoms with Crippen LogP contribution in [0.2, 0.25) is 0 Å². The Morgan fingerprint density at radius 3 is 2.56 bits per heavy atom. The summed E-state index contributed by atoms with van der Waals surface area (Å²) in [5.41, 5.74) is -0.486. The van der Waals surface area contributed by atoms with Gasteiger partial charge in [0.05, 0.1) is 12.6 Å². The number of amides is 1. The first-order chi connectivity index (χ1) is 7.40. The van der Waals surface area contributed by atoms with E-state index in [-0.39, 0.29) is 12.6 Å². The molecule has 1 saturated carbocycles. The highest BCUT2D eigenvalue weighted by Gasteiger charge is 2.24. The monoisotopic (exact) mass is 229 g/mol. The topological polar surface area (TPSA) is 58.6 Å². The second kappa shape index (κ2) is 5.53. The Morgan fingerprint density at radius 2 is 2.12 bits per heavy atom. The zero-order valence-corrected chi connectivity index (χ0v) is 10.5. The van der Waals surface area contributed by atoms with Crippen LogP contribution in [0.5, 0.6) is 0 Å². The van der Waals surface area contributed by atoms with E-state index in [1.807, 2.05) is 20.8 Å². The number of hydrogen-bond donors (Lipinski definition) is 2. The summed E-state index contributed by atoms with van der Waals surface area (Å²) in [5.74, 6) is 0.814.